The minimum Gasteiger partial charge on any atom is -0.494 e. The maximum Gasteiger partial charge on any atom is 0.263 e. The van der Waals surface area contributed by atoms with Gasteiger partial charge in [0, 0.05) is 22.5 Å². The minimum atomic E-state index is 0.00124. The molecule has 1 aliphatic heterocycles. The zero-order valence-electron chi connectivity index (χ0n) is 17.0. The van der Waals surface area contributed by atoms with Gasteiger partial charge >= 0.3 is 0 Å². The van der Waals surface area contributed by atoms with E-state index in [1.807, 2.05) is 66.7 Å². The molecule has 0 aliphatic carbocycles. The first-order valence-electron chi connectivity index (χ1n) is 10.8. The van der Waals surface area contributed by atoms with Crippen LogP contribution in [0.2, 0.25) is 0 Å². The molecule has 4 nitrogen and oxygen atoms in total. The largest absolute Gasteiger partial charge is 0.494 e. The zero-order valence-corrected chi connectivity index (χ0v) is 17.0. The summed E-state index contributed by atoms with van der Waals surface area (Å²) < 4.78 is 7.76. The van der Waals surface area contributed by atoms with Crippen molar-refractivity contribution in [3.63, 3.8) is 0 Å². The number of hydrogen-bond donors (Lipinski definition) is 1. The van der Waals surface area contributed by atoms with Crippen LogP contribution < -0.4 is 15.6 Å². The van der Waals surface area contributed by atoms with E-state index in [0.29, 0.717) is 12.6 Å². The van der Waals surface area contributed by atoms with E-state index in [9.17, 15) is 4.79 Å². The average Bonchev–Trinajstić information content (AvgIpc) is 2.81. The number of rotatable bonds is 5. The quantitative estimate of drug-likeness (QED) is 0.478. The summed E-state index contributed by atoms with van der Waals surface area (Å²) in [5.74, 6) is 0.840. The van der Waals surface area contributed by atoms with Crippen LogP contribution in [0.25, 0.3) is 27.4 Å². The van der Waals surface area contributed by atoms with Crippen LogP contribution >= 0.6 is 0 Å². The smallest absolute Gasteiger partial charge is 0.263 e. The summed E-state index contributed by atoms with van der Waals surface area (Å²) in [5.41, 5.74) is 1.77. The molecule has 152 valence electrons. The van der Waals surface area contributed by atoms with Crippen LogP contribution in [0.4, 0.5) is 0 Å². The number of para-hydroxylation sites is 1. The Balaban J connectivity index is 1.44. The van der Waals surface area contributed by atoms with E-state index < -0.39 is 0 Å². The number of hydrogen-bond acceptors (Lipinski definition) is 3. The molecule has 30 heavy (non-hydrogen) atoms. The Morgan fingerprint density at radius 2 is 1.60 bits per heavy atom. The van der Waals surface area contributed by atoms with E-state index in [1.165, 1.54) is 19.3 Å². The summed E-state index contributed by atoms with van der Waals surface area (Å²) in [6, 6.07) is 24.3. The van der Waals surface area contributed by atoms with Crippen LogP contribution in [0.5, 0.6) is 5.75 Å². The van der Waals surface area contributed by atoms with Crippen molar-refractivity contribution in [1.29, 1.82) is 0 Å². The molecule has 0 radical (unpaired) electrons. The number of benzene rings is 3. The first kappa shape index (κ1) is 18.9. The predicted octanol–water partition coefficient (Wildman–Crippen LogP) is 5.05. The molecule has 0 spiro atoms. The van der Waals surface area contributed by atoms with Gasteiger partial charge in [0.15, 0.2) is 0 Å². The molecule has 1 atom stereocenters. The summed E-state index contributed by atoms with van der Waals surface area (Å²) >= 11 is 0. The number of nitrogens with one attached hydrogen (secondary N) is 1. The molecular weight excluding hydrogens is 372 g/mol. The second-order valence-electron chi connectivity index (χ2n) is 7.98. The van der Waals surface area contributed by atoms with Crippen LogP contribution in [-0.4, -0.2) is 23.8 Å². The Hall–Kier alpha value is -3.11. The van der Waals surface area contributed by atoms with E-state index >= 15 is 0 Å². The van der Waals surface area contributed by atoms with Crippen LogP contribution in [0.15, 0.2) is 77.6 Å². The van der Waals surface area contributed by atoms with E-state index in [4.69, 9.17) is 4.74 Å². The van der Waals surface area contributed by atoms with Crippen LogP contribution in [0, 0.1) is 0 Å². The van der Waals surface area contributed by atoms with Gasteiger partial charge in [-0.3, -0.25) is 9.36 Å². The van der Waals surface area contributed by atoms with Crippen molar-refractivity contribution in [3.8, 4) is 11.4 Å². The van der Waals surface area contributed by atoms with Crippen molar-refractivity contribution in [2.24, 2.45) is 0 Å². The van der Waals surface area contributed by atoms with Gasteiger partial charge in [-0.05, 0) is 67.6 Å². The minimum absolute atomic E-state index is 0.00124. The van der Waals surface area contributed by atoms with Gasteiger partial charge in [-0.25, -0.2) is 0 Å². The summed E-state index contributed by atoms with van der Waals surface area (Å²) in [4.78, 5) is 13.3. The lowest BCUT2D eigenvalue weighted by molar-refractivity contribution is 0.268. The monoisotopic (exact) mass is 398 g/mol. The average molecular weight is 399 g/mol. The molecule has 0 saturated carbocycles. The second-order valence-corrected chi connectivity index (χ2v) is 7.98. The zero-order chi connectivity index (χ0) is 20.3. The number of fused-ring (bicyclic) bond motifs is 3. The fourth-order valence-electron chi connectivity index (χ4n) is 4.47. The van der Waals surface area contributed by atoms with Crippen molar-refractivity contribution in [2.75, 3.05) is 13.2 Å². The third kappa shape index (κ3) is 3.59. The van der Waals surface area contributed by atoms with Crippen LogP contribution in [-0.2, 0) is 0 Å². The molecule has 1 unspecified atom stereocenters. The highest BCUT2D eigenvalue weighted by Crippen LogP contribution is 2.25. The normalized spacial score (nSPS) is 16.7. The second kappa shape index (κ2) is 8.33. The molecule has 1 N–H and O–H groups in total. The highest BCUT2D eigenvalue weighted by Gasteiger charge is 2.13. The highest BCUT2D eigenvalue weighted by atomic mass is 16.5. The number of pyridine rings is 1. The Morgan fingerprint density at radius 3 is 2.37 bits per heavy atom. The lowest BCUT2D eigenvalue weighted by atomic mass is 10.0. The Morgan fingerprint density at radius 1 is 0.867 bits per heavy atom. The number of piperidine rings is 1. The molecule has 1 aliphatic rings. The number of aromatic nitrogens is 1. The van der Waals surface area contributed by atoms with Gasteiger partial charge < -0.3 is 10.1 Å². The van der Waals surface area contributed by atoms with Crippen molar-refractivity contribution < 1.29 is 4.74 Å². The van der Waals surface area contributed by atoms with E-state index in [2.05, 4.69) is 11.4 Å². The summed E-state index contributed by atoms with van der Waals surface area (Å²) in [6.45, 7) is 1.82. The Bertz CT molecular complexity index is 1220. The molecular formula is C26H26N2O2. The first-order valence-corrected chi connectivity index (χ1v) is 10.8. The summed E-state index contributed by atoms with van der Waals surface area (Å²) in [5, 5.41) is 6.36. The van der Waals surface area contributed by atoms with Gasteiger partial charge in [0.2, 0.25) is 0 Å². The molecule has 1 saturated heterocycles. The van der Waals surface area contributed by atoms with E-state index in [0.717, 1.165) is 46.1 Å². The lowest BCUT2D eigenvalue weighted by Crippen LogP contribution is -2.35. The standard InChI is InChI=1S/C26H26N2O2/c29-26-24-10-2-1-8-22(24)23-9-3-4-11-25(23)28(26)20-12-14-21(15-13-20)30-18-16-19-7-5-6-17-27-19/h1-4,8-15,19,27H,5-7,16-18H2. The molecule has 2 heterocycles. The van der Waals surface area contributed by atoms with Gasteiger partial charge in [0.1, 0.15) is 5.75 Å². The number of nitrogens with zero attached hydrogens (tertiary/aromatic N) is 1. The maximum absolute atomic E-state index is 13.3. The van der Waals surface area contributed by atoms with Crippen molar-refractivity contribution in [3.05, 3.63) is 83.2 Å². The van der Waals surface area contributed by atoms with E-state index in [-0.39, 0.29) is 5.56 Å². The van der Waals surface area contributed by atoms with Gasteiger partial charge in [-0.2, -0.15) is 0 Å². The third-order valence-corrected chi connectivity index (χ3v) is 6.04. The molecule has 5 rings (SSSR count). The summed E-state index contributed by atoms with van der Waals surface area (Å²) in [6.07, 6.45) is 4.85. The molecule has 1 aromatic heterocycles. The molecule has 1 fully saturated rings. The highest BCUT2D eigenvalue weighted by molar-refractivity contribution is 6.06. The Kier molecular flexibility index (Phi) is 5.24. The fourth-order valence-corrected chi connectivity index (χ4v) is 4.47. The molecule has 4 aromatic rings. The SMILES string of the molecule is O=c1c2ccccc2c2ccccc2n1-c1ccc(OCCC2CCCCN2)cc1. The molecule has 0 bridgehead atoms. The summed E-state index contributed by atoms with van der Waals surface area (Å²) in [7, 11) is 0. The van der Waals surface area contributed by atoms with Gasteiger partial charge in [-0.1, -0.05) is 42.8 Å². The maximum atomic E-state index is 13.3. The predicted molar refractivity (Wildman–Crippen MR) is 123 cm³/mol. The first-order chi connectivity index (χ1) is 14.8. The van der Waals surface area contributed by atoms with E-state index in [1.54, 1.807) is 4.57 Å². The van der Waals surface area contributed by atoms with Crippen molar-refractivity contribution in [1.82, 2.24) is 9.88 Å². The number of ether oxygens (including phenoxy) is 1. The molecule has 0 amide bonds. The fraction of sp³-hybridized carbons (Fsp3) is 0.269. The van der Waals surface area contributed by atoms with Crippen molar-refractivity contribution >= 4 is 21.7 Å². The molecule has 4 heteroatoms. The third-order valence-electron chi connectivity index (χ3n) is 6.04. The van der Waals surface area contributed by atoms with Gasteiger partial charge in [0.25, 0.3) is 5.56 Å². The van der Waals surface area contributed by atoms with Gasteiger partial charge in [-0.15, -0.1) is 0 Å². The van der Waals surface area contributed by atoms with Crippen LogP contribution in [0.1, 0.15) is 25.7 Å². The topological polar surface area (TPSA) is 43.3 Å². The lowest BCUT2D eigenvalue weighted by Gasteiger charge is -2.23. The van der Waals surface area contributed by atoms with Crippen LogP contribution in [0.3, 0.4) is 0 Å². The Labute approximate surface area is 176 Å². The molecule has 3 aromatic carbocycles. The van der Waals surface area contributed by atoms with Crippen molar-refractivity contribution in [2.45, 2.75) is 31.7 Å². The van der Waals surface area contributed by atoms with Gasteiger partial charge in [0.05, 0.1) is 12.1 Å².